The minimum atomic E-state index is -0.210. The summed E-state index contributed by atoms with van der Waals surface area (Å²) in [6.07, 6.45) is 2.80. The number of halogens is 1. The minimum Gasteiger partial charge on any atom is -0.384 e. The van der Waals surface area contributed by atoms with E-state index in [9.17, 15) is 9.59 Å². The Kier molecular flexibility index (Phi) is 15.6. The van der Waals surface area contributed by atoms with Crippen molar-refractivity contribution in [1.29, 1.82) is 0 Å². The van der Waals surface area contributed by atoms with Crippen LogP contribution >= 0.6 is 11.6 Å². The van der Waals surface area contributed by atoms with Crippen LogP contribution in [0.1, 0.15) is 51.1 Å². The molecule has 0 atom stereocenters. The van der Waals surface area contributed by atoms with Gasteiger partial charge in [-0.25, -0.2) is 0 Å². The van der Waals surface area contributed by atoms with Gasteiger partial charge in [-0.15, -0.1) is 0 Å². The molecule has 0 spiro atoms. The predicted octanol–water partition coefficient (Wildman–Crippen LogP) is 5.99. The molecule has 2 aromatic rings. The number of carbonyl (C=O) groups is 2. The Morgan fingerprint density at radius 3 is 1.09 bits per heavy atom. The lowest BCUT2D eigenvalue weighted by atomic mass is 9.81. The van der Waals surface area contributed by atoms with Crippen molar-refractivity contribution in [2.24, 2.45) is 0 Å². The Labute approximate surface area is 274 Å². The zero-order valence-electron chi connectivity index (χ0n) is 29.7. The number of anilines is 3. The van der Waals surface area contributed by atoms with Crippen LogP contribution in [0, 0.1) is 22.3 Å². The van der Waals surface area contributed by atoms with E-state index in [2.05, 4.69) is 79.4 Å². The fourth-order valence-corrected chi connectivity index (χ4v) is 5.37. The van der Waals surface area contributed by atoms with Gasteiger partial charge in [0.1, 0.15) is 0 Å². The van der Waals surface area contributed by atoms with E-state index in [1.165, 1.54) is 0 Å². The molecule has 0 unspecified atom stereocenters. The maximum atomic E-state index is 14.3. The number of hydrogen-bond donors (Lipinski definition) is 3. The lowest BCUT2D eigenvalue weighted by Gasteiger charge is -2.27. The lowest BCUT2D eigenvalue weighted by molar-refractivity contribution is -0.870. The number of ketones is 2. The fraction of sp³-hybridized carbons (Fsp3) is 0.514. The molecule has 0 bridgehead atoms. The molecule has 0 radical (unpaired) electrons. The number of quaternary nitrogens is 3. The van der Waals surface area contributed by atoms with Gasteiger partial charge in [-0.3, -0.25) is 9.59 Å². The number of nitrogens with one attached hydrogen (secondary N) is 3. The van der Waals surface area contributed by atoms with E-state index in [0.29, 0.717) is 58.4 Å². The summed E-state index contributed by atoms with van der Waals surface area (Å²) in [5.41, 5.74) is 3.54. The highest BCUT2D eigenvalue weighted by Crippen LogP contribution is 2.41. The van der Waals surface area contributed by atoms with Gasteiger partial charge in [0.15, 0.2) is 11.6 Å². The van der Waals surface area contributed by atoms with E-state index in [1.807, 2.05) is 18.2 Å². The summed E-state index contributed by atoms with van der Waals surface area (Å²) in [5.74, 6) is -0.381. The summed E-state index contributed by atoms with van der Waals surface area (Å²) in [6.45, 7) is 5.08. The summed E-state index contributed by atoms with van der Waals surface area (Å²) in [7, 11) is 19.5. The Morgan fingerprint density at radius 2 is 0.773 bits per heavy atom. The fourth-order valence-electron chi connectivity index (χ4n) is 5.13. The van der Waals surface area contributed by atoms with Crippen LogP contribution in [0.25, 0.3) is 0 Å². The molecule has 1 aliphatic carbocycles. The highest BCUT2D eigenvalue weighted by molar-refractivity contribution is 6.41. The van der Waals surface area contributed by atoms with Crippen LogP contribution in [0.2, 0.25) is 5.02 Å². The first-order valence-corrected chi connectivity index (χ1v) is 15.1. The van der Waals surface area contributed by atoms with Crippen LogP contribution < -0.4 is 16.0 Å². The van der Waals surface area contributed by atoms with Gasteiger partial charge in [0.25, 0.3) is 0 Å². The normalized spacial score (nSPS) is 12.7. The number of fused-ring (bicyclic) bond motifs is 2. The summed E-state index contributed by atoms with van der Waals surface area (Å²) < 4.78 is 2.59. The Bertz CT molecular complexity index is 1260. The van der Waals surface area contributed by atoms with Gasteiger partial charge in [-0.05, 0) is 24.3 Å². The first-order valence-electron chi connectivity index (χ1n) is 14.7. The quantitative estimate of drug-likeness (QED) is 0.109. The first kappa shape index (κ1) is 41.4. The summed E-state index contributed by atoms with van der Waals surface area (Å²) in [6, 6.07) is 7.40. The van der Waals surface area contributed by atoms with Crippen molar-refractivity contribution < 1.29 is 23.0 Å². The van der Waals surface area contributed by atoms with Gasteiger partial charge >= 0.3 is 0 Å². The first-order chi connectivity index (χ1) is 19.0. The maximum Gasteiger partial charge on any atom is 0.198 e. The van der Waals surface area contributed by atoms with Gasteiger partial charge in [0.2, 0.25) is 0 Å². The molecule has 0 aromatic heterocycles. The molecule has 0 amide bonds. The Balaban J connectivity index is 0.00000616. The summed E-state index contributed by atoms with van der Waals surface area (Å²) in [4.78, 5) is 28.5. The monoisotopic (exact) mass is 632 g/mol. The molecule has 2 aromatic carbocycles. The molecule has 3 N–H and O–H groups in total. The topological polar surface area (TPSA) is 70.2 Å². The minimum absolute atomic E-state index is 0. The molecule has 0 saturated heterocycles. The van der Waals surface area contributed by atoms with E-state index in [1.54, 1.807) is 6.07 Å². The third-order valence-corrected chi connectivity index (χ3v) is 7.55. The highest BCUT2D eigenvalue weighted by Gasteiger charge is 2.37. The predicted molar refractivity (Wildman–Crippen MR) is 192 cm³/mol. The van der Waals surface area contributed by atoms with E-state index < -0.39 is 0 Å². The third kappa shape index (κ3) is 11.4. The molecule has 1 aliphatic rings. The molecule has 44 heavy (non-hydrogen) atoms. The van der Waals surface area contributed by atoms with Crippen molar-refractivity contribution in [2.75, 3.05) is 119 Å². The smallest absolute Gasteiger partial charge is 0.198 e. The molecular formula is C35H61ClN6O2. The van der Waals surface area contributed by atoms with Gasteiger partial charge in [-0.2, -0.15) is 0 Å². The van der Waals surface area contributed by atoms with E-state index in [0.717, 1.165) is 52.3 Å². The van der Waals surface area contributed by atoms with Gasteiger partial charge in [0.05, 0.1) is 110 Å². The van der Waals surface area contributed by atoms with Gasteiger partial charge in [0, 0.05) is 56.0 Å². The lowest BCUT2D eigenvalue weighted by Crippen LogP contribution is -2.36. The molecule has 9 heteroatoms. The maximum absolute atomic E-state index is 14.3. The number of rotatable bonds is 15. The highest BCUT2D eigenvalue weighted by atomic mass is 35.5. The average Bonchev–Trinajstić information content (AvgIpc) is 2.84. The van der Waals surface area contributed by atoms with Crippen molar-refractivity contribution in [3.8, 4) is 0 Å². The molecule has 3 rings (SSSR count). The molecular weight excluding hydrogens is 572 g/mol. The van der Waals surface area contributed by atoms with Crippen molar-refractivity contribution in [3.63, 3.8) is 0 Å². The van der Waals surface area contributed by atoms with Crippen LogP contribution in [-0.2, 0) is 0 Å². The van der Waals surface area contributed by atoms with Crippen molar-refractivity contribution in [2.45, 2.75) is 19.3 Å². The number of nitrogens with zero attached hydrogens (tertiary/aromatic N) is 3. The summed E-state index contributed by atoms with van der Waals surface area (Å²) in [5, 5.41) is 10.7. The van der Waals surface area contributed by atoms with Crippen LogP contribution in [0.3, 0.4) is 0 Å². The average molecular weight is 633 g/mol. The molecule has 250 valence electrons. The largest absolute Gasteiger partial charge is 0.384 e. The third-order valence-electron chi connectivity index (χ3n) is 7.23. The standard InChI is InChI=1S/C32H50ClN6O2.3CH3/c1-37(2,3)20-10-17-34-24-14-13-23(33)27-28(24)32(41)30-26(36-19-12-22-39(7,8)9)16-15-25(29(30)31(27)40)35-18-11-21-38(4,5)6;;;/h13-16H,10-12,17-22H2,1-9H3,(H-2,34,35,36,40,41);3*1H3/q+1;3*-1/p+2. The van der Waals surface area contributed by atoms with Crippen LogP contribution in [0.4, 0.5) is 17.1 Å². The van der Waals surface area contributed by atoms with Crippen molar-refractivity contribution >= 4 is 40.2 Å². The number of benzene rings is 2. The van der Waals surface area contributed by atoms with E-state index in [-0.39, 0.29) is 39.4 Å². The molecule has 0 fully saturated rings. The van der Waals surface area contributed by atoms with E-state index >= 15 is 0 Å². The zero-order chi connectivity index (χ0) is 30.6. The molecule has 8 nitrogen and oxygen atoms in total. The second-order valence-corrected chi connectivity index (χ2v) is 14.7. The Morgan fingerprint density at radius 1 is 0.500 bits per heavy atom. The molecule has 0 aliphatic heterocycles. The van der Waals surface area contributed by atoms with Gasteiger partial charge < -0.3 is 51.7 Å². The van der Waals surface area contributed by atoms with E-state index in [4.69, 9.17) is 11.6 Å². The second kappa shape index (κ2) is 16.6. The van der Waals surface area contributed by atoms with Crippen LogP contribution in [0.5, 0.6) is 0 Å². The number of hydrogen-bond acceptors (Lipinski definition) is 5. The van der Waals surface area contributed by atoms with Crippen molar-refractivity contribution in [1.82, 2.24) is 0 Å². The second-order valence-electron chi connectivity index (χ2n) is 14.3. The summed E-state index contributed by atoms with van der Waals surface area (Å²) >= 11 is 6.63. The number of carbonyl (C=O) groups excluding carboxylic acids is 2. The van der Waals surface area contributed by atoms with Crippen LogP contribution in [0.15, 0.2) is 24.3 Å². The molecule has 0 heterocycles. The van der Waals surface area contributed by atoms with Gasteiger partial charge in [-0.1, -0.05) is 11.6 Å². The zero-order valence-corrected chi connectivity index (χ0v) is 30.5. The van der Waals surface area contributed by atoms with Crippen molar-refractivity contribution in [3.05, 3.63) is 73.8 Å². The SMILES string of the molecule is C[N+](C)(C)CCCNc1ccc(Cl)c2c1C(=O)c1c(NCCC[N+](C)(C)C)ccc(NCCC[N+](C)(C)C)c1C2=O.[CH3-].[CH3-].[CH3-]. The van der Waals surface area contributed by atoms with Crippen LogP contribution in [-0.4, -0.2) is 128 Å². The Hall–Kier alpha value is -2.65. The molecule has 0 saturated carbocycles.